The van der Waals surface area contributed by atoms with E-state index in [1.807, 2.05) is 31.2 Å². The summed E-state index contributed by atoms with van der Waals surface area (Å²) in [4.78, 5) is 8.16. The van der Waals surface area contributed by atoms with Gasteiger partial charge in [0.2, 0.25) is 0 Å². The minimum absolute atomic E-state index is 0.00655. The van der Waals surface area contributed by atoms with E-state index in [4.69, 9.17) is 10.5 Å². The van der Waals surface area contributed by atoms with E-state index in [-0.39, 0.29) is 11.3 Å². The molecule has 2 atom stereocenters. The topological polar surface area (TPSA) is 61.0 Å². The van der Waals surface area contributed by atoms with Gasteiger partial charge in [-0.25, -0.2) is 9.97 Å². The second-order valence-electron chi connectivity index (χ2n) is 4.22. The molecule has 0 radical (unpaired) electrons. The zero-order valence-electron chi connectivity index (χ0n) is 11.0. The first kappa shape index (κ1) is 13.8. The number of hydrogen-bond donors (Lipinski definition) is 1. The Kier molecular flexibility index (Phi) is 4.76. The highest BCUT2D eigenvalue weighted by Gasteiger charge is 2.18. The molecule has 2 unspecified atom stereocenters. The Hall–Kier alpha value is -1.59. The van der Waals surface area contributed by atoms with Crippen molar-refractivity contribution >= 4 is 11.8 Å². The van der Waals surface area contributed by atoms with Crippen LogP contribution in [-0.2, 0) is 0 Å². The second-order valence-corrected chi connectivity index (χ2v) is 5.38. The molecule has 0 saturated heterocycles. The number of nitrogens with two attached hydrogens (primary N) is 1. The summed E-state index contributed by atoms with van der Waals surface area (Å²) in [6.45, 7) is 2.00. The molecular formula is C14H17N3OS. The predicted molar refractivity (Wildman–Crippen MR) is 77.3 cm³/mol. The van der Waals surface area contributed by atoms with Crippen LogP contribution in [-0.4, -0.2) is 23.1 Å². The molecule has 0 spiro atoms. The Morgan fingerprint density at radius 1 is 1.32 bits per heavy atom. The predicted octanol–water partition coefficient (Wildman–Crippen LogP) is 2.67. The number of hydrogen-bond acceptors (Lipinski definition) is 5. The van der Waals surface area contributed by atoms with Crippen molar-refractivity contribution in [1.29, 1.82) is 0 Å². The fourth-order valence-corrected chi connectivity index (χ4v) is 2.78. The molecule has 100 valence electrons. The molecule has 19 heavy (non-hydrogen) atoms. The van der Waals surface area contributed by atoms with Crippen LogP contribution in [0.25, 0.3) is 0 Å². The normalized spacial score (nSPS) is 13.8. The minimum atomic E-state index is 0.00655. The number of methoxy groups -OCH3 is 1. The highest BCUT2D eigenvalue weighted by molar-refractivity contribution is 7.99. The number of thioether (sulfide) groups is 1. The van der Waals surface area contributed by atoms with Gasteiger partial charge < -0.3 is 10.5 Å². The van der Waals surface area contributed by atoms with Gasteiger partial charge in [-0.1, -0.05) is 23.9 Å². The maximum absolute atomic E-state index is 6.10. The van der Waals surface area contributed by atoms with Gasteiger partial charge in [-0.15, -0.1) is 0 Å². The van der Waals surface area contributed by atoms with Crippen molar-refractivity contribution in [2.45, 2.75) is 23.2 Å². The fourth-order valence-electron chi connectivity index (χ4n) is 1.78. The standard InChI is InChI=1S/C14H17N3OS/c1-10(15)14(19-13-6-7-16-9-17-13)11-4-3-5-12(8-11)18-2/h3-10,14H,15H2,1-2H3. The van der Waals surface area contributed by atoms with Crippen molar-refractivity contribution in [1.82, 2.24) is 9.97 Å². The Morgan fingerprint density at radius 3 is 2.79 bits per heavy atom. The Labute approximate surface area is 117 Å². The molecule has 2 rings (SSSR count). The van der Waals surface area contributed by atoms with Gasteiger partial charge in [0.1, 0.15) is 12.1 Å². The summed E-state index contributed by atoms with van der Waals surface area (Å²) in [5.74, 6) is 0.839. The van der Waals surface area contributed by atoms with E-state index in [1.165, 1.54) is 0 Å². The molecule has 5 heteroatoms. The molecule has 0 aliphatic carbocycles. The number of aromatic nitrogens is 2. The Bertz CT molecular complexity index is 519. The number of rotatable bonds is 5. The van der Waals surface area contributed by atoms with Crippen LogP contribution < -0.4 is 10.5 Å². The first-order valence-electron chi connectivity index (χ1n) is 6.03. The van der Waals surface area contributed by atoms with Crippen molar-refractivity contribution in [2.75, 3.05) is 7.11 Å². The minimum Gasteiger partial charge on any atom is -0.497 e. The lowest BCUT2D eigenvalue weighted by Crippen LogP contribution is -2.22. The summed E-state index contributed by atoms with van der Waals surface area (Å²) in [6, 6.07) is 9.88. The van der Waals surface area contributed by atoms with E-state index in [1.54, 1.807) is 31.4 Å². The smallest absolute Gasteiger partial charge is 0.119 e. The van der Waals surface area contributed by atoms with Crippen LogP contribution >= 0.6 is 11.8 Å². The second kappa shape index (κ2) is 6.54. The van der Waals surface area contributed by atoms with Crippen LogP contribution in [0.1, 0.15) is 17.7 Å². The van der Waals surface area contributed by atoms with Crippen molar-refractivity contribution in [3.8, 4) is 5.75 Å². The number of nitrogens with zero attached hydrogens (tertiary/aromatic N) is 2. The molecule has 2 aromatic rings. The van der Waals surface area contributed by atoms with Crippen molar-refractivity contribution in [3.63, 3.8) is 0 Å². The molecule has 0 aliphatic rings. The van der Waals surface area contributed by atoms with Crippen LogP contribution in [0.3, 0.4) is 0 Å². The van der Waals surface area contributed by atoms with Crippen LogP contribution in [0.2, 0.25) is 0 Å². The lowest BCUT2D eigenvalue weighted by atomic mass is 10.1. The molecule has 0 bridgehead atoms. The van der Waals surface area contributed by atoms with E-state index in [0.29, 0.717) is 0 Å². The summed E-state index contributed by atoms with van der Waals surface area (Å²) < 4.78 is 5.26. The monoisotopic (exact) mass is 275 g/mol. The van der Waals surface area contributed by atoms with Crippen molar-refractivity contribution in [3.05, 3.63) is 48.4 Å². The average molecular weight is 275 g/mol. The molecule has 1 aromatic heterocycles. The quantitative estimate of drug-likeness (QED) is 0.671. The number of benzene rings is 1. The molecule has 0 amide bonds. The van der Waals surface area contributed by atoms with Crippen LogP contribution in [0.5, 0.6) is 5.75 Å². The summed E-state index contributed by atoms with van der Waals surface area (Å²) >= 11 is 1.64. The van der Waals surface area contributed by atoms with Crippen LogP contribution in [0.4, 0.5) is 0 Å². The third kappa shape index (κ3) is 3.68. The molecule has 2 N–H and O–H groups in total. The summed E-state index contributed by atoms with van der Waals surface area (Å²) in [7, 11) is 1.66. The maximum Gasteiger partial charge on any atom is 0.119 e. The highest BCUT2D eigenvalue weighted by atomic mass is 32.2. The van der Waals surface area contributed by atoms with E-state index in [9.17, 15) is 0 Å². The molecule has 0 aliphatic heterocycles. The summed E-state index contributed by atoms with van der Waals surface area (Å²) in [5, 5.41) is 1.05. The molecule has 1 heterocycles. The van der Waals surface area contributed by atoms with E-state index < -0.39 is 0 Å². The van der Waals surface area contributed by atoms with Gasteiger partial charge in [0.05, 0.1) is 17.4 Å². The van der Waals surface area contributed by atoms with Crippen molar-refractivity contribution in [2.24, 2.45) is 5.73 Å². The maximum atomic E-state index is 6.10. The largest absolute Gasteiger partial charge is 0.497 e. The van der Waals surface area contributed by atoms with E-state index in [2.05, 4.69) is 16.0 Å². The van der Waals surface area contributed by atoms with Crippen LogP contribution in [0, 0.1) is 0 Å². The lowest BCUT2D eigenvalue weighted by molar-refractivity contribution is 0.414. The number of ether oxygens (including phenoxy) is 1. The van der Waals surface area contributed by atoms with Gasteiger partial charge in [0.15, 0.2) is 0 Å². The lowest BCUT2D eigenvalue weighted by Gasteiger charge is -2.20. The van der Waals surface area contributed by atoms with Gasteiger partial charge in [-0.05, 0) is 30.7 Å². The van der Waals surface area contributed by atoms with Gasteiger partial charge in [-0.2, -0.15) is 0 Å². The molecule has 1 aromatic carbocycles. The Balaban J connectivity index is 2.24. The average Bonchev–Trinajstić information content (AvgIpc) is 2.45. The SMILES string of the molecule is COc1cccc(C(Sc2ccncn2)C(C)N)c1. The van der Waals surface area contributed by atoms with E-state index >= 15 is 0 Å². The first-order valence-corrected chi connectivity index (χ1v) is 6.91. The highest BCUT2D eigenvalue weighted by Crippen LogP contribution is 2.36. The van der Waals surface area contributed by atoms with Crippen LogP contribution in [0.15, 0.2) is 47.9 Å². The fraction of sp³-hybridized carbons (Fsp3) is 0.286. The summed E-state index contributed by atoms with van der Waals surface area (Å²) in [6.07, 6.45) is 3.28. The van der Waals surface area contributed by atoms with Gasteiger partial charge in [0.25, 0.3) is 0 Å². The Morgan fingerprint density at radius 2 is 2.16 bits per heavy atom. The van der Waals surface area contributed by atoms with Gasteiger partial charge in [0, 0.05) is 12.2 Å². The summed E-state index contributed by atoms with van der Waals surface area (Å²) in [5.41, 5.74) is 7.24. The molecule has 4 nitrogen and oxygen atoms in total. The molecular weight excluding hydrogens is 258 g/mol. The third-order valence-corrected chi connectivity index (χ3v) is 4.14. The van der Waals surface area contributed by atoms with Gasteiger partial charge in [-0.3, -0.25) is 0 Å². The first-order chi connectivity index (χ1) is 9.20. The van der Waals surface area contributed by atoms with E-state index in [0.717, 1.165) is 16.3 Å². The van der Waals surface area contributed by atoms with Crippen molar-refractivity contribution < 1.29 is 4.74 Å². The van der Waals surface area contributed by atoms with Gasteiger partial charge >= 0.3 is 0 Å². The third-order valence-electron chi connectivity index (χ3n) is 2.70. The zero-order chi connectivity index (χ0) is 13.7. The zero-order valence-corrected chi connectivity index (χ0v) is 11.8. The molecule has 0 saturated carbocycles. The molecule has 0 fully saturated rings.